The number of benzene rings is 1. The fourth-order valence-corrected chi connectivity index (χ4v) is 2.33. The molecule has 0 aromatic heterocycles. The lowest BCUT2D eigenvalue weighted by atomic mass is 9.77. The van der Waals surface area contributed by atoms with Crippen molar-refractivity contribution in [1.82, 2.24) is 0 Å². The molecular weight excluding hydrogens is 288 g/mol. The Bertz CT molecular complexity index is 571. The third kappa shape index (κ3) is 3.10. The second-order valence-electron chi connectivity index (χ2n) is 6.46. The Labute approximate surface area is 131 Å². The number of halogens is 1. The average Bonchev–Trinajstić information content (AvgIpc) is 2.52. The molecule has 0 radical (unpaired) electrons. The molecule has 1 amide bonds. The van der Waals surface area contributed by atoms with Gasteiger partial charge in [-0.25, -0.2) is 0 Å². The summed E-state index contributed by atoms with van der Waals surface area (Å²) in [5, 5.41) is 3.39. The zero-order valence-electron chi connectivity index (χ0n) is 13.3. The molecule has 0 atom stereocenters. The van der Waals surface area contributed by atoms with Crippen LogP contribution in [0.4, 0.5) is 5.69 Å². The Balaban J connectivity index is 2.44. The van der Waals surface area contributed by atoms with E-state index in [1.807, 2.05) is 40.7 Å². The van der Waals surface area contributed by atoms with Crippen molar-refractivity contribution in [2.24, 2.45) is 0 Å². The Morgan fingerprint density at radius 1 is 1.19 bits per heavy atom. The second-order valence-corrected chi connectivity index (χ2v) is 6.87. The molecule has 0 unspecified atom stereocenters. The highest BCUT2D eigenvalue weighted by Crippen LogP contribution is 2.37. The molecule has 1 aromatic rings. The topological polar surface area (TPSA) is 47.6 Å². The molecule has 1 aliphatic heterocycles. The molecule has 0 saturated carbocycles. The van der Waals surface area contributed by atoms with Gasteiger partial charge < -0.3 is 14.6 Å². The highest BCUT2D eigenvalue weighted by molar-refractivity contribution is 6.64. The number of carbonyl (C=O) groups excluding carboxylic acids is 1. The van der Waals surface area contributed by atoms with Gasteiger partial charge in [0.2, 0.25) is 5.91 Å². The first kappa shape index (κ1) is 16.3. The largest absolute Gasteiger partial charge is 0.496 e. The van der Waals surface area contributed by atoms with Crippen molar-refractivity contribution in [3.63, 3.8) is 0 Å². The van der Waals surface area contributed by atoms with Crippen molar-refractivity contribution in [3.05, 3.63) is 22.7 Å². The number of anilines is 1. The Morgan fingerprint density at radius 2 is 1.71 bits per heavy atom. The minimum Gasteiger partial charge on any atom is -0.399 e. The van der Waals surface area contributed by atoms with Crippen LogP contribution in [0.2, 0.25) is 5.02 Å². The van der Waals surface area contributed by atoms with Crippen LogP contribution in [0.25, 0.3) is 0 Å². The van der Waals surface area contributed by atoms with Gasteiger partial charge in [0.1, 0.15) is 0 Å². The van der Waals surface area contributed by atoms with Gasteiger partial charge in [-0.05, 0) is 46.2 Å². The van der Waals surface area contributed by atoms with E-state index in [1.54, 1.807) is 6.07 Å². The first-order valence-electron chi connectivity index (χ1n) is 6.97. The molecule has 1 heterocycles. The van der Waals surface area contributed by atoms with E-state index < -0.39 is 18.3 Å². The molecule has 1 fully saturated rings. The lowest BCUT2D eigenvalue weighted by Gasteiger charge is -2.32. The van der Waals surface area contributed by atoms with Crippen LogP contribution in [0.3, 0.4) is 0 Å². The third-order valence-corrected chi connectivity index (χ3v) is 4.56. The summed E-state index contributed by atoms with van der Waals surface area (Å²) >= 11 is 6.16. The molecule has 114 valence electrons. The van der Waals surface area contributed by atoms with E-state index in [0.717, 1.165) is 11.0 Å². The molecule has 1 N–H and O–H groups in total. The number of amides is 1. The van der Waals surface area contributed by atoms with Crippen molar-refractivity contribution in [3.8, 4) is 0 Å². The van der Waals surface area contributed by atoms with E-state index >= 15 is 0 Å². The summed E-state index contributed by atoms with van der Waals surface area (Å²) in [6.45, 7) is 11.3. The lowest BCUT2D eigenvalue weighted by molar-refractivity contribution is -0.114. The van der Waals surface area contributed by atoms with Gasteiger partial charge in [-0.15, -0.1) is 0 Å². The summed E-state index contributed by atoms with van der Waals surface area (Å²) in [6, 6.07) is 3.63. The van der Waals surface area contributed by atoms with Crippen LogP contribution < -0.4 is 10.8 Å². The highest BCUT2D eigenvalue weighted by atomic mass is 35.5. The Hall–Kier alpha value is -1.04. The summed E-state index contributed by atoms with van der Waals surface area (Å²) in [4.78, 5) is 11.4. The average molecular weight is 310 g/mol. The molecule has 2 rings (SSSR count). The maximum atomic E-state index is 11.4. The van der Waals surface area contributed by atoms with Crippen LogP contribution >= 0.6 is 11.6 Å². The van der Waals surface area contributed by atoms with Gasteiger partial charge in [-0.1, -0.05) is 17.7 Å². The van der Waals surface area contributed by atoms with Gasteiger partial charge >= 0.3 is 7.12 Å². The SMILES string of the molecule is CC(=O)Nc1cc(Cl)c(C)cc1B1OC(C)(C)C(C)(C)O1. The molecule has 6 heteroatoms. The van der Waals surface area contributed by atoms with E-state index in [0.29, 0.717) is 10.7 Å². The molecule has 1 aliphatic rings. The van der Waals surface area contributed by atoms with Crippen molar-refractivity contribution in [1.29, 1.82) is 0 Å². The summed E-state index contributed by atoms with van der Waals surface area (Å²) in [5.74, 6) is -0.160. The monoisotopic (exact) mass is 309 g/mol. The number of hydrogen-bond acceptors (Lipinski definition) is 3. The molecule has 0 bridgehead atoms. The summed E-state index contributed by atoms with van der Waals surface area (Å²) in [6.07, 6.45) is 0. The Morgan fingerprint density at radius 3 is 2.19 bits per heavy atom. The van der Waals surface area contributed by atoms with Gasteiger partial charge in [0.25, 0.3) is 0 Å². The maximum Gasteiger partial charge on any atom is 0.496 e. The first-order valence-corrected chi connectivity index (χ1v) is 7.34. The number of hydrogen-bond donors (Lipinski definition) is 1. The molecule has 0 spiro atoms. The van der Waals surface area contributed by atoms with Crippen molar-refractivity contribution >= 4 is 35.8 Å². The fraction of sp³-hybridized carbons (Fsp3) is 0.533. The number of carbonyl (C=O) groups is 1. The van der Waals surface area contributed by atoms with Gasteiger partial charge in [-0.2, -0.15) is 0 Å². The van der Waals surface area contributed by atoms with Crippen LogP contribution in [-0.2, 0) is 14.1 Å². The number of aryl methyl sites for hydroxylation is 1. The standard InChI is InChI=1S/C15H21BClNO3/c1-9-7-11(13(8-12(9)17)18-10(2)19)16-20-14(3,4)15(5,6)21-16/h7-8H,1-6H3,(H,18,19). The zero-order chi connectivity index (χ0) is 16.0. The molecule has 0 aliphatic carbocycles. The van der Waals surface area contributed by atoms with Crippen LogP contribution in [0, 0.1) is 6.92 Å². The fourth-order valence-electron chi connectivity index (χ4n) is 2.17. The minimum absolute atomic E-state index is 0.160. The number of rotatable bonds is 2. The predicted molar refractivity (Wildman–Crippen MR) is 86.2 cm³/mol. The maximum absolute atomic E-state index is 11.4. The van der Waals surface area contributed by atoms with Crippen molar-refractivity contribution in [2.75, 3.05) is 5.32 Å². The van der Waals surface area contributed by atoms with Crippen molar-refractivity contribution < 1.29 is 14.1 Å². The molecule has 1 saturated heterocycles. The van der Waals surface area contributed by atoms with Crippen LogP contribution in [-0.4, -0.2) is 24.2 Å². The quantitative estimate of drug-likeness (QED) is 0.855. The Kier molecular flexibility index (Phi) is 4.13. The van der Waals surface area contributed by atoms with Crippen LogP contribution in [0.5, 0.6) is 0 Å². The molecular formula is C15H21BClNO3. The van der Waals surface area contributed by atoms with E-state index in [1.165, 1.54) is 6.92 Å². The van der Waals surface area contributed by atoms with E-state index in [4.69, 9.17) is 20.9 Å². The summed E-state index contributed by atoms with van der Waals surface area (Å²) < 4.78 is 12.1. The normalized spacial score (nSPS) is 19.7. The summed E-state index contributed by atoms with van der Waals surface area (Å²) in [5.41, 5.74) is 1.45. The van der Waals surface area contributed by atoms with Crippen molar-refractivity contribution in [2.45, 2.75) is 52.7 Å². The molecule has 1 aromatic carbocycles. The van der Waals surface area contributed by atoms with Gasteiger partial charge in [0, 0.05) is 23.1 Å². The lowest BCUT2D eigenvalue weighted by Crippen LogP contribution is -2.41. The van der Waals surface area contributed by atoms with E-state index in [2.05, 4.69) is 5.32 Å². The minimum atomic E-state index is -0.534. The van der Waals surface area contributed by atoms with E-state index in [-0.39, 0.29) is 5.91 Å². The van der Waals surface area contributed by atoms with Gasteiger partial charge in [-0.3, -0.25) is 4.79 Å². The first-order chi connectivity index (χ1) is 9.53. The third-order valence-electron chi connectivity index (χ3n) is 4.15. The predicted octanol–water partition coefficient (Wildman–Crippen LogP) is 2.91. The number of nitrogens with one attached hydrogen (secondary N) is 1. The van der Waals surface area contributed by atoms with Gasteiger partial charge in [0.15, 0.2) is 0 Å². The molecule has 21 heavy (non-hydrogen) atoms. The smallest absolute Gasteiger partial charge is 0.399 e. The van der Waals surface area contributed by atoms with Crippen LogP contribution in [0.1, 0.15) is 40.2 Å². The van der Waals surface area contributed by atoms with Crippen LogP contribution in [0.15, 0.2) is 12.1 Å². The zero-order valence-corrected chi connectivity index (χ0v) is 14.1. The highest BCUT2D eigenvalue weighted by Gasteiger charge is 2.52. The molecule has 4 nitrogen and oxygen atoms in total. The van der Waals surface area contributed by atoms with E-state index in [9.17, 15) is 4.79 Å². The summed E-state index contributed by atoms with van der Waals surface area (Å²) in [7, 11) is -0.534. The second kappa shape index (κ2) is 5.31. The van der Waals surface area contributed by atoms with Gasteiger partial charge in [0.05, 0.1) is 11.2 Å².